The van der Waals surface area contributed by atoms with Gasteiger partial charge in [-0.05, 0) is 19.8 Å². The van der Waals surface area contributed by atoms with E-state index in [0.29, 0.717) is 0 Å². The van der Waals surface area contributed by atoms with Crippen molar-refractivity contribution in [2.45, 2.75) is 31.4 Å². The van der Waals surface area contributed by atoms with Crippen LogP contribution >= 0.6 is 0 Å². The predicted octanol–water partition coefficient (Wildman–Crippen LogP) is -1.03. The van der Waals surface area contributed by atoms with Gasteiger partial charge in [-0.2, -0.15) is 0 Å². The van der Waals surface area contributed by atoms with E-state index in [2.05, 4.69) is 5.32 Å². The Morgan fingerprint density at radius 1 is 1.82 bits per heavy atom. The first kappa shape index (κ1) is 8.49. The Kier molecular flexibility index (Phi) is 2.15. The molecule has 4 heteroatoms. The molecule has 1 fully saturated rings. The highest BCUT2D eigenvalue weighted by Crippen LogP contribution is 2.31. The van der Waals surface area contributed by atoms with Crippen LogP contribution in [0.2, 0.25) is 0 Å². The van der Waals surface area contributed by atoms with E-state index in [4.69, 9.17) is 10.8 Å². The van der Waals surface area contributed by atoms with E-state index in [1.807, 2.05) is 0 Å². The second-order valence-corrected chi connectivity index (χ2v) is 3.22. The summed E-state index contributed by atoms with van der Waals surface area (Å²) in [6.45, 7) is 1.91. The number of amides is 1. The van der Waals surface area contributed by atoms with Gasteiger partial charge >= 0.3 is 0 Å². The second kappa shape index (κ2) is 2.79. The number of carbonyl (C=O) groups excluding carboxylic acids is 1. The van der Waals surface area contributed by atoms with Crippen LogP contribution < -0.4 is 11.1 Å². The number of nitrogens with one attached hydrogen (secondary N) is 1. The van der Waals surface area contributed by atoms with Gasteiger partial charge in [0.05, 0.1) is 11.6 Å². The normalized spacial score (nSPS) is 22.5. The highest BCUT2D eigenvalue weighted by Gasteiger charge is 2.45. The predicted molar refractivity (Wildman–Crippen MR) is 40.8 cm³/mol. The lowest BCUT2D eigenvalue weighted by molar-refractivity contribution is -0.123. The standard InChI is InChI=1S/C7H14N2O2/c1-5(10)4-9-6(11)7(8)2-3-7/h5,10H,2-4,8H2,1H3,(H,9,11). The minimum atomic E-state index is -0.616. The molecule has 0 saturated heterocycles. The summed E-state index contributed by atoms with van der Waals surface area (Å²) in [5.74, 6) is -0.140. The number of aliphatic hydroxyl groups excluding tert-OH is 1. The smallest absolute Gasteiger partial charge is 0.240 e. The van der Waals surface area contributed by atoms with Gasteiger partial charge in [-0.3, -0.25) is 4.79 Å². The summed E-state index contributed by atoms with van der Waals surface area (Å²) < 4.78 is 0. The Labute approximate surface area is 65.8 Å². The van der Waals surface area contributed by atoms with Gasteiger partial charge < -0.3 is 16.2 Å². The molecule has 0 aliphatic heterocycles. The van der Waals surface area contributed by atoms with Gasteiger partial charge in [0.2, 0.25) is 5.91 Å². The van der Waals surface area contributed by atoms with Gasteiger partial charge in [-0.25, -0.2) is 0 Å². The van der Waals surface area contributed by atoms with E-state index in [9.17, 15) is 4.79 Å². The Bertz CT molecular complexity index is 164. The number of nitrogens with two attached hydrogens (primary N) is 1. The Hall–Kier alpha value is -0.610. The van der Waals surface area contributed by atoms with Crippen LogP contribution in [0.4, 0.5) is 0 Å². The molecule has 0 bridgehead atoms. The molecule has 4 N–H and O–H groups in total. The molecule has 0 radical (unpaired) electrons. The molecular weight excluding hydrogens is 144 g/mol. The fraction of sp³-hybridized carbons (Fsp3) is 0.857. The molecule has 1 saturated carbocycles. The summed E-state index contributed by atoms with van der Waals surface area (Å²) in [4.78, 5) is 11.1. The van der Waals surface area contributed by atoms with Crippen LogP contribution in [0.25, 0.3) is 0 Å². The second-order valence-electron chi connectivity index (χ2n) is 3.22. The largest absolute Gasteiger partial charge is 0.392 e. The number of rotatable bonds is 3. The number of carbonyl (C=O) groups is 1. The zero-order valence-electron chi connectivity index (χ0n) is 6.63. The van der Waals surface area contributed by atoms with Gasteiger partial charge in [0.25, 0.3) is 0 Å². The van der Waals surface area contributed by atoms with Crippen LogP contribution in [0.15, 0.2) is 0 Å². The minimum absolute atomic E-state index is 0.140. The van der Waals surface area contributed by atoms with E-state index in [1.165, 1.54) is 0 Å². The van der Waals surface area contributed by atoms with Crippen LogP contribution in [0, 0.1) is 0 Å². The molecule has 64 valence electrons. The maximum Gasteiger partial charge on any atom is 0.240 e. The van der Waals surface area contributed by atoms with Crippen molar-refractivity contribution in [3.8, 4) is 0 Å². The van der Waals surface area contributed by atoms with Crippen molar-refractivity contribution in [2.75, 3.05) is 6.54 Å². The Balaban J connectivity index is 2.22. The molecule has 0 heterocycles. The van der Waals surface area contributed by atoms with Crippen LogP contribution in [0.3, 0.4) is 0 Å². The molecule has 1 amide bonds. The first-order valence-electron chi connectivity index (χ1n) is 3.80. The van der Waals surface area contributed by atoms with Crippen molar-refractivity contribution in [2.24, 2.45) is 5.73 Å². The monoisotopic (exact) mass is 158 g/mol. The summed E-state index contributed by atoms with van der Waals surface area (Å²) in [7, 11) is 0. The van der Waals surface area contributed by atoms with Crippen molar-refractivity contribution in [1.82, 2.24) is 5.32 Å². The van der Waals surface area contributed by atoms with Crippen molar-refractivity contribution in [1.29, 1.82) is 0 Å². The fourth-order valence-corrected chi connectivity index (χ4v) is 0.778. The van der Waals surface area contributed by atoms with Gasteiger partial charge in [0.15, 0.2) is 0 Å². The maximum atomic E-state index is 11.1. The highest BCUT2D eigenvalue weighted by atomic mass is 16.3. The molecule has 4 nitrogen and oxygen atoms in total. The lowest BCUT2D eigenvalue weighted by atomic mass is 10.2. The molecule has 11 heavy (non-hydrogen) atoms. The lowest BCUT2D eigenvalue weighted by Crippen LogP contribution is -2.44. The van der Waals surface area contributed by atoms with Crippen molar-refractivity contribution in [3.63, 3.8) is 0 Å². The zero-order chi connectivity index (χ0) is 8.48. The highest BCUT2D eigenvalue weighted by molar-refractivity contribution is 5.88. The third kappa shape index (κ3) is 2.17. The average Bonchev–Trinajstić information content (AvgIpc) is 2.64. The Morgan fingerprint density at radius 3 is 2.73 bits per heavy atom. The molecule has 0 spiro atoms. The quantitative estimate of drug-likeness (QED) is 0.492. The van der Waals surface area contributed by atoms with Gasteiger partial charge in [-0.1, -0.05) is 0 Å². The average molecular weight is 158 g/mol. The molecule has 0 aromatic carbocycles. The first-order chi connectivity index (χ1) is 5.04. The molecule has 1 aliphatic carbocycles. The summed E-state index contributed by atoms with van der Waals surface area (Å²) in [6.07, 6.45) is 1.03. The van der Waals surface area contributed by atoms with Crippen molar-refractivity contribution in [3.05, 3.63) is 0 Å². The minimum Gasteiger partial charge on any atom is -0.392 e. The first-order valence-corrected chi connectivity index (χ1v) is 3.80. The molecule has 1 unspecified atom stereocenters. The van der Waals surface area contributed by atoms with Crippen LogP contribution in [0.1, 0.15) is 19.8 Å². The SMILES string of the molecule is CC(O)CNC(=O)C1(N)CC1. The number of aliphatic hydroxyl groups is 1. The van der Waals surface area contributed by atoms with E-state index >= 15 is 0 Å². The van der Waals surface area contributed by atoms with E-state index < -0.39 is 11.6 Å². The molecule has 1 atom stereocenters. The van der Waals surface area contributed by atoms with Gasteiger partial charge in [-0.15, -0.1) is 0 Å². The summed E-state index contributed by atoms with van der Waals surface area (Å²) in [6, 6.07) is 0. The molecule has 0 aromatic rings. The summed E-state index contributed by atoms with van der Waals surface area (Å²) in [5, 5.41) is 11.4. The topological polar surface area (TPSA) is 75.3 Å². The third-order valence-corrected chi connectivity index (χ3v) is 1.80. The molecule has 0 aromatic heterocycles. The van der Waals surface area contributed by atoms with Crippen molar-refractivity contribution >= 4 is 5.91 Å². The van der Waals surface area contributed by atoms with Crippen LogP contribution in [-0.2, 0) is 4.79 Å². The van der Waals surface area contributed by atoms with Crippen LogP contribution in [-0.4, -0.2) is 29.2 Å². The maximum absolute atomic E-state index is 11.1. The molecule has 1 rings (SSSR count). The number of hydrogen-bond acceptors (Lipinski definition) is 3. The zero-order valence-corrected chi connectivity index (χ0v) is 6.63. The van der Waals surface area contributed by atoms with E-state index in [0.717, 1.165) is 12.8 Å². The third-order valence-electron chi connectivity index (χ3n) is 1.80. The van der Waals surface area contributed by atoms with Gasteiger partial charge in [0, 0.05) is 6.54 Å². The van der Waals surface area contributed by atoms with Gasteiger partial charge in [0.1, 0.15) is 0 Å². The Morgan fingerprint density at radius 2 is 2.36 bits per heavy atom. The van der Waals surface area contributed by atoms with Crippen molar-refractivity contribution < 1.29 is 9.90 Å². The molecular formula is C7H14N2O2. The van der Waals surface area contributed by atoms with E-state index in [1.54, 1.807) is 6.92 Å². The van der Waals surface area contributed by atoms with Crippen LogP contribution in [0.5, 0.6) is 0 Å². The summed E-state index contributed by atoms with van der Waals surface area (Å²) in [5.41, 5.74) is 4.97. The van der Waals surface area contributed by atoms with E-state index in [-0.39, 0.29) is 12.5 Å². The number of hydrogen-bond donors (Lipinski definition) is 3. The fourth-order valence-electron chi connectivity index (χ4n) is 0.778. The summed E-state index contributed by atoms with van der Waals surface area (Å²) >= 11 is 0. The lowest BCUT2D eigenvalue weighted by Gasteiger charge is -2.10. The molecule has 1 aliphatic rings.